The molecule has 0 spiro atoms. The third-order valence-electron chi connectivity index (χ3n) is 5.33. The van der Waals surface area contributed by atoms with Crippen molar-refractivity contribution in [2.45, 2.75) is 26.0 Å². The van der Waals surface area contributed by atoms with Gasteiger partial charge in [0.15, 0.2) is 0 Å². The van der Waals surface area contributed by atoms with Crippen molar-refractivity contribution < 1.29 is 27.8 Å². The van der Waals surface area contributed by atoms with Crippen LogP contribution >= 0.6 is 12.4 Å². The Hall–Kier alpha value is -3.11. The second-order valence-corrected chi connectivity index (χ2v) is 10.2. The van der Waals surface area contributed by atoms with Crippen molar-refractivity contribution >= 4 is 28.3 Å². The van der Waals surface area contributed by atoms with E-state index in [-0.39, 0.29) is 18.0 Å². The molecular formula is C27H33ClN2O6S. The quantitative estimate of drug-likeness (QED) is 0.231. The molecule has 200 valence electrons. The van der Waals surface area contributed by atoms with Gasteiger partial charge in [0.1, 0.15) is 23.8 Å². The molecule has 8 nitrogen and oxygen atoms in total. The van der Waals surface area contributed by atoms with Gasteiger partial charge >= 0.3 is 0 Å². The van der Waals surface area contributed by atoms with Gasteiger partial charge in [-0.3, -0.25) is 10.1 Å². The number of ether oxygens (including phenoxy) is 2. The van der Waals surface area contributed by atoms with Crippen LogP contribution in [-0.2, 0) is 15.7 Å². The maximum absolute atomic E-state index is 12.4. The second kappa shape index (κ2) is 13.4. The highest BCUT2D eigenvalue weighted by Gasteiger charge is 2.21. The normalized spacial score (nSPS) is 12.6. The maximum atomic E-state index is 12.4. The Morgan fingerprint density at radius 3 is 2.22 bits per heavy atom. The van der Waals surface area contributed by atoms with Gasteiger partial charge in [-0.1, -0.05) is 55.5 Å². The average molecular weight is 549 g/mol. The molecule has 0 aliphatic rings. The highest BCUT2D eigenvalue weighted by Crippen LogP contribution is 2.29. The molecule has 0 saturated heterocycles. The standard InChI is InChI=1S/C27H32N2O6S.ClH/c1-4-17-35-25-19-21(12-15-24(25)26(30)29-36(3,32)33)20-10-13-23(14-11-20)34-18-16-28-27(2,31)22-8-6-5-7-9-22;/h5-15,19,28,31H,4,16-18H2,1-3H3,(H,29,30);1H/t27-;/m0./s1. The van der Waals surface area contributed by atoms with Crippen molar-refractivity contribution in [1.82, 2.24) is 10.0 Å². The number of benzene rings is 3. The fourth-order valence-corrected chi connectivity index (χ4v) is 3.96. The van der Waals surface area contributed by atoms with Crippen LogP contribution in [0.25, 0.3) is 11.1 Å². The van der Waals surface area contributed by atoms with Gasteiger partial charge in [0, 0.05) is 6.54 Å². The van der Waals surface area contributed by atoms with Gasteiger partial charge in [-0.2, -0.15) is 0 Å². The van der Waals surface area contributed by atoms with Crippen LogP contribution in [0.3, 0.4) is 0 Å². The van der Waals surface area contributed by atoms with Crippen LogP contribution in [0.4, 0.5) is 0 Å². The summed E-state index contributed by atoms with van der Waals surface area (Å²) >= 11 is 0. The first kappa shape index (κ1) is 30.1. The fraction of sp³-hybridized carbons (Fsp3) is 0.296. The molecule has 0 aromatic heterocycles. The average Bonchev–Trinajstić information content (AvgIpc) is 2.85. The van der Waals surface area contributed by atoms with Gasteiger partial charge in [-0.15, -0.1) is 12.4 Å². The zero-order chi connectivity index (χ0) is 26.2. The molecule has 0 radical (unpaired) electrons. The lowest BCUT2D eigenvalue weighted by Gasteiger charge is -2.25. The van der Waals surface area contributed by atoms with E-state index in [1.54, 1.807) is 25.1 Å². The summed E-state index contributed by atoms with van der Waals surface area (Å²) in [6, 6.07) is 21.8. The van der Waals surface area contributed by atoms with Crippen LogP contribution in [0.15, 0.2) is 72.8 Å². The van der Waals surface area contributed by atoms with Crippen molar-refractivity contribution in [3.8, 4) is 22.6 Å². The number of hydrogen-bond donors (Lipinski definition) is 3. The van der Waals surface area contributed by atoms with E-state index in [0.717, 1.165) is 29.4 Å². The maximum Gasteiger partial charge on any atom is 0.268 e. The largest absolute Gasteiger partial charge is 0.493 e. The van der Waals surface area contributed by atoms with Crippen molar-refractivity contribution in [1.29, 1.82) is 0 Å². The summed E-state index contributed by atoms with van der Waals surface area (Å²) in [7, 11) is -3.70. The summed E-state index contributed by atoms with van der Waals surface area (Å²) in [5.41, 5.74) is 1.46. The first-order valence-electron chi connectivity index (χ1n) is 11.6. The molecule has 0 unspecified atom stereocenters. The number of aliphatic hydroxyl groups is 1. The Morgan fingerprint density at radius 1 is 0.946 bits per heavy atom. The van der Waals surface area contributed by atoms with Crippen LogP contribution in [0, 0.1) is 0 Å². The minimum atomic E-state index is -3.70. The van der Waals surface area contributed by atoms with E-state index in [2.05, 4.69) is 5.32 Å². The molecule has 3 aromatic rings. The van der Waals surface area contributed by atoms with Crippen molar-refractivity contribution in [2.75, 3.05) is 26.0 Å². The van der Waals surface area contributed by atoms with Crippen LogP contribution in [0.5, 0.6) is 11.5 Å². The zero-order valence-electron chi connectivity index (χ0n) is 21.1. The molecule has 37 heavy (non-hydrogen) atoms. The highest BCUT2D eigenvalue weighted by molar-refractivity contribution is 7.89. The third-order valence-corrected chi connectivity index (χ3v) is 5.89. The fourth-order valence-electron chi connectivity index (χ4n) is 3.52. The van der Waals surface area contributed by atoms with E-state index in [1.807, 2.05) is 66.2 Å². The Labute approximate surface area is 224 Å². The van der Waals surface area contributed by atoms with Gasteiger partial charge in [-0.25, -0.2) is 13.1 Å². The summed E-state index contributed by atoms with van der Waals surface area (Å²) < 4.78 is 36.4. The number of halogens is 1. The van der Waals surface area contributed by atoms with E-state index in [9.17, 15) is 18.3 Å². The molecule has 0 aliphatic heterocycles. The first-order valence-corrected chi connectivity index (χ1v) is 13.5. The minimum absolute atomic E-state index is 0. The number of hydrogen-bond acceptors (Lipinski definition) is 7. The number of rotatable bonds is 12. The van der Waals surface area contributed by atoms with Crippen molar-refractivity contribution in [3.63, 3.8) is 0 Å². The van der Waals surface area contributed by atoms with Crippen LogP contribution < -0.4 is 19.5 Å². The Kier molecular flexibility index (Phi) is 10.9. The van der Waals surface area contributed by atoms with Crippen molar-refractivity contribution in [3.05, 3.63) is 83.9 Å². The van der Waals surface area contributed by atoms with Crippen LogP contribution in [-0.4, -0.2) is 45.4 Å². The lowest BCUT2D eigenvalue weighted by atomic mass is 10.0. The summed E-state index contributed by atoms with van der Waals surface area (Å²) in [6.07, 6.45) is 1.66. The molecule has 10 heteroatoms. The summed E-state index contributed by atoms with van der Waals surface area (Å²) in [4.78, 5) is 12.4. The van der Waals surface area contributed by atoms with Gasteiger partial charge in [0.25, 0.3) is 5.91 Å². The predicted molar refractivity (Wildman–Crippen MR) is 147 cm³/mol. The Balaban J connectivity index is 0.00000481. The Morgan fingerprint density at radius 2 is 1.59 bits per heavy atom. The van der Waals surface area contributed by atoms with E-state index in [1.165, 1.54) is 0 Å². The molecular weight excluding hydrogens is 516 g/mol. The van der Waals surface area contributed by atoms with Crippen molar-refractivity contribution in [2.24, 2.45) is 0 Å². The SMILES string of the molecule is CCCOc1cc(-c2ccc(OCCN[C@@](C)(O)c3ccccc3)cc2)ccc1C(=O)NS(C)(=O)=O.Cl. The Bertz CT molecular complexity index is 1270. The summed E-state index contributed by atoms with van der Waals surface area (Å²) in [5.74, 6) is 0.248. The number of amides is 1. The van der Waals surface area contributed by atoms with E-state index < -0.39 is 21.7 Å². The first-order chi connectivity index (χ1) is 17.1. The topological polar surface area (TPSA) is 114 Å². The molecule has 0 saturated carbocycles. The number of carbonyl (C=O) groups is 1. The second-order valence-electron chi connectivity index (χ2n) is 8.50. The number of sulfonamides is 1. The zero-order valence-corrected chi connectivity index (χ0v) is 22.7. The number of carbonyl (C=O) groups excluding carboxylic acids is 1. The molecule has 3 N–H and O–H groups in total. The monoisotopic (exact) mass is 548 g/mol. The highest BCUT2D eigenvalue weighted by atomic mass is 35.5. The minimum Gasteiger partial charge on any atom is -0.493 e. The smallest absolute Gasteiger partial charge is 0.268 e. The molecule has 0 fully saturated rings. The van der Waals surface area contributed by atoms with E-state index in [0.29, 0.717) is 31.3 Å². The van der Waals surface area contributed by atoms with Crippen LogP contribution in [0.2, 0.25) is 0 Å². The van der Waals surface area contributed by atoms with Gasteiger partial charge in [0.05, 0.1) is 18.4 Å². The van der Waals surface area contributed by atoms with Gasteiger partial charge in [-0.05, 0) is 54.3 Å². The van der Waals surface area contributed by atoms with Crippen LogP contribution in [0.1, 0.15) is 36.2 Å². The van der Waals surface area contributed by atoms with Gasteiger partial charge in [0.2, 0.25) is 10.0 Å². The van der Waals surface area contributed by atoms with Gasteiger partial charge < -0.3 is 14.6 Å². The lowest BCUT2D eigenvalue weighted by molar-refractivity contribution is 0.0169. The molecule has 0 bridgehead atoms. The predicted octanol–water partition coefficient (Wildman–Crippen LogP) is 4.09. The number of nitrogens with one attached hydrogen (secondary N) is 2. The van der Waals surface area contributed by atoms with E-state index in [4.69, 9.17) is 9.47 Å². The molecule has 1 atom stereocenters. The third kappa shape index (κ3) is 9.05. The molecule has 3 rings (SSSR count). The molecule has 0 heterocycles. The summed E-state index contributed by atoms with van der Waals surface area (Å²) in [5, 5.41) is 13.7. The van der Waals surface area contributed by atoms with E-state index >= 15 is 0 Å². The summed E-state index contributed by atoms with van der Waals surface area (Å²) in [6.45, 7) is 4.84. The molecule has 3 aromatic carbocycles. The molecule has 0 aliphatic carbocycles. The lowest BCUT2D eigenvalue weighted by Crippen LogP contribution is -2.41. The molecule has 1 amide bonds.